The van der Waals surface area contributed by atoms with Crippen LogP contribution in [-0.2, 0) is 6.42 Å². The van der Waals surface area contributed by atoms with E-state index in [1.54, 1.807) is 0 Å². The zero-order valence-electron chi connectivity index (χ0n) is 11.4. The predicted molar refractivity (Wildman–Crippen MR) is 74.8 cm³/mol. The van der Waals surface area contributed by atoms with Crippen LogP contribution < -0.4 is 5.32 Å². The Kier molecular flexibility index (Phi) is 7.14. The number of hydrogen-bond acceptors (Lipinski definition) is 1. The van der Waals surface area contributed by atoms with Gasteiger partial charge in [-0.3, -0.25) is 0 Å². The minimum Gasteiger partial charge on any atom is -0.314 e. The second-order valence-corrected chi connectivity index (χ2v) is 4.69. The van der Waals surface area contributed by atoms with Crippen LogP contribution in [0.4, 0.5) is 8.78 Å². The van der Waals surface area contributed by atoms with Crippen molar-refractivity contribution >= 4 is 0 Å². The fourth-order valence-corrected chi connectivity index (χ4v) is 2.03. The van der Waals surface area contributed by atoms with Gasteiger partial charge in [0.25, 0.3) is 0 Å². The van der Waals surface area contributed by atoms with Crippen molar-refractivity contribution < 1.29 is 8.78 Å². The van der Waals surface area contributed by atoms with Gasteiger partial charge in [-0.2, -0.15) is 0 Å². The molecule has 0 amide bonds. The molecule has 1 atom stereocenters. The monoisotopic (exact) mass is 265 g/mol. The summed E-state index contributed by atoms with van der Waals surface area (Å²) in [6.07, 6.45) is 9.38. The lowest BCUT2D eigenvalue weighted by molar-refractivity contribution is 0.457. The van der Waals surface area contributed by atoms with Crippen molar-refractivity contribution in [2.45, 2.75) is 45.1 Å². The number of nitrogens with one attached hydrogen (secondary N) is 1. The first-order valence-electron chi connectivity index (χ1n) is 6.78. The minimum atomic E-state index is -0.536. The molecule has 0 spiro atoms. The number of terminal acetylenes is 1. The smallest absolute Gasteiger partial charge is 0.129 e. The molecule has 1 unspecified atom stereocenters. The molecule has 1 rings (SSSR count). The third-order valence-corrected chi connectivity index (χ3v) is 3.04. The number of benzene rings is 1. The Hall–Kier alpha value is -1.40. The lowest BCUT2D eigenvalue weighted by Crippen LogP contribution is -2.32. The molecule has 1 N–H and O–H groups in total. The number of rotatable bonds is 8. The molecule has 0 aromatic heterocycles. The van der Waals surface area contributed by atoms with Gasteiger partial charge in [-0.1, -0.05) is 13.0 Å². The van der Waals surface area contributed by atoms with Crippen LogP contribution in [0.25, 0.3) is 0 Å². The van der Waals surface area contributed by atoms with E-state index in [1.165, 1.54) is 12.1 Å². The zero-order chi connectivity index (χ0) is 14.1. The summed E-state index contributed by atoms with van der Waals surface area (Å²) in [5, 5.41) is 3.39. The van der Waals surface area contributed by atoms with Gasteiger partial charge < -0.3 is 5.32 Å². The highest BCUT2D eigenvalue weighted by atomic mass is 19.1. The average Bonchev–Trinajstić information content (AvgIpc) is 2.39. The largest absolute Gasteiger partial charge is 0.314 e. The highest BCUT2D eigenvalue weighted by Gasteiger charge is 2.12. The second-order valence-electron chi connectivity index (χ2n) is 4.69. The summed E-state index contributed by atoms with van der Waals surface area (Å²) in [6, 6.07) is 3.95. The van der Waals surface area contributed by atoms with Gasteiger partial charge in [0.05, 0.1) is 0 Å². The van der Waals surface area contributed by atoms with Crippen LogP contribution in [0.1, 0.15) is 38.2 Å². The van der Waals surface area contributed by atoms with Crippen LogP contribution in [-0.4, -0.2) is 12.6 Å². The summed E-state index contributed by atoms with van der Waals surface area (Å²) >= 11 is 0. The van der Waals surface area contributed by atoms with E-state index in [4.69, 9.17) is 6.42 Å². The first-order valence-corrected chi connectivity index (χ1v) is 6.78. The van der Waals surface area contributed by atoms with Gasteiger partial charge in [-0.05, 0) is 43.9 Å². The van der Waals surface area contributed by atoms with E-state index < -0.39 is 11.6 Å². The molecule has 1 aromatic carbocycles. The lowest BCUT2D eigenvalue weighted by Gasteiger charge is -2.18. The van der Waals surface area contributed by atoms with Crippen LogP contribution in [0, 0.1) is 24.0 Å². The molecule has 104 valence electrons. The van der Waals surface area contributed by atoms with Crippen LogP contribution in [0.15, 0.2) is 18.2 Å². The molecule has 19 heavy (non-hydrogen) atoms. The van der Waals surface area contributed by atoms with Gasteiger partial charge in [0, 0.05) is 18.5 Å². The second kappa shape index (κ2) is 8.66. The average molecular weight is 265 g/mol. The Morgan fingerprint density at radius 1 is 1.37 bits per heavy atom. The molecule has 0 aliphatic rings. The van der Waals surface area contributed by atoms with Crippen LogP contribution in [0.2, 0.25) is 0 Å². The van der Waals surface area contributed by atoms with Crippen molar-refractivity contribution in [3.8, 4) is 12.3 Å². The van der Waals surface area contributed by atoms with Crippen molar-refractivity contribution in [1.29, 1.82) is 0 Å². The predicted octanol–water partition coefficient (Wildman–Crippen LogP) is 3.68. The van der Waals surface area contributed by atoms with E-state index >= 15 is 0 Å². The Balaban J connectivity index is 2.61. The summed E-state index contributed by atoms with van der Waals surface area (Å²) in [5.41, 5.74) is 0.552. The van der Waals surface area contributed by atoms with E-state index in [0.29, 0.717) is 12.0 Å². The molecule has 1 aromatic rings. The fraction of sp³-hybridized carbons (Fsp3) is 0.500. The van der Waals surface area contributed by atoms with Crippen LogP contribution in [0.3, 0.4) is 0 Å². The molecule has 0 fully saturated rings. The molecular formula is C16H21F2N. The summed E-state index contributed by atoms with van der Waals surface area (Å²) in [6.45, 7) is 2.98. The highest BCUT2D eigenvalue weighted by Crippen LogP contribution is 2.14. The highest BCUT2D eigenvalue weighted by molar-refractivity contribution is 5.19. The van der Waals surface area contributed by atoms with Crippen molar-refractivity contribution in [3.05, 3.63) is 35.4 Å². The minimum absolute atomic E-state index is 0.188. The molecule has 0 saturated heterocycles. The molecule has 0 saturated carbocycles. The summed E-state index contributed by atoms with van der Waals surface area (Å²) in [4.78, 5) is 0. The molecule has 0 heterocycles. The maximum absolute atomic E-state index is 13.6. The standard InChI is InChI=1S/C16H21F2N/c1-3-5-6-7-15(19-10-4-2)11-13-8-9-14(17)12-16(13)18/h1,8-9,12,15,19H,4-7,10-11H2,2H3. The van der Waals surface area contributed by atoms with Gasteiger partial charge in [0.2, 0.25) is 0 Å². The zero-order valence-corrected chi connectivity index (χ0v) is 11.4. The molecule has 0 aliphatic carbocycles. The Morgan fingerprint density at radius 3 is 2.79 bits per heavy atom. The van der Waals surface area contributed by atoms with E-state index in [2.05, 4.69) is 18.2 Å². The molecule has 0 radical (unpaired) electrons. The lowest BCUT2D eigenvalue weighted by atomic mass is 10.0. The molecule has 0 aliphatic heterocycles. The normalized spacial score (nSPS) is 12.1. The SMILES string of the molecule is C#CCCCC(Cc1ccc(F)cc1F)NCCC. The van der Waals surface area contributed by atoms with Crippen molar-refractivity contribution in [2.24, 2.45) is 0 Å². The number of halogens is 2. The van der Waals surface area contributed by atoms with Crippen LogP contribution >= 0.6 is 0 Å². The summed E-state index contributed by atoms with van der Waals surface area (Å²) in [7, 11) is 0. The van der Waals surface area contributed by atoms with Crippen molar-refractivity contribution in [1.82, 2.24) is 5.32 Å². The molecular weight excluding hydrogens is 244 g/mol. The van der Waals surface area contributed by atoms with Crippen molar-refractivity contribution in [2.75, 3.05) is 6.54 Å². The van der Waals surface area contributed by atoms with E-state index in [0.717, 1.165) is 38.3 Å². The first kappa shape index (κ1) is 15.7. The van der Waals surface area contributed by atoms with Gasteiger partial charge in [0.15, 0.2) is 0 Å². The van der Waals surface area contributed by atoms with Gasteiger partial charge in [-0.15, -0.1) is 12.3 Å². The number of unbranched alkanes of at least 4 members (excludes halogenated alkanes) is 1. The Morgan fingerprint density at radius 2 is 2.16 bits per heavy atom. The third kappa shape index (κ3) is 5.85. The van der Waals surface area contributed by atoms with E-state index in [1.807, 2.05) is 0 Å². The van der Waals surface area contributed by atoms with Gasteiger partial charge in [-0.25, -0.2) is 8.78 Å². The van der Waals surface area contributed by atoms with Gasteiger partial charge in [0.1, 0.15) is 11.6 Å². The summed E-state index contributed by atoms with van der Waals surface area (Å²) in [5.74, 6) is 1.60. The topological polar surface area (TPSA) is 12.0 Å². The van der Waals surface area contributed by atoms with E-state index in [-0.39, 0.29) is 6.04 Å². The maximum atomic E-state index is 13.6. The first-order chi connectivity index (χ1) is 9.17. The quantitative estimate of drug-likeness (QED) is 0.558. The fourth-order valence-electron chi connectivity index (χ4n) is 2.03. The Labute approximate surface area is 114 Å². The number of hydrogen-bond donors (Lipinski definition) is 1. The van der Waals surface area contributed by atoms with Crippen LogP contribution in [0.5, 0.6) is 0 Å². The van der Waals surface area contributed by atoms with Gasteiger partial charge >= 0.3 is 0 Å². The van der Waals surface area contributed by atoms with Crippen molar-refractivity contribution in [3.63, 3.8) is 0 Å². The molecule has 1 nitrogen and oxygen atoms in total. The third-order valence-electron chi connectivity index (χ3n) is 3.04. The van der Waals surface area contributed by atoms with E-state index in [9.17, 15) is 8.78 Å². The Bertz CT molecular complexity index is 423. The maximum Gasteiger partial charge on any atom is 0.129 e. The molecule has 3 heteroatoms. The summed E-state index contributed by atoms with van der Waals surface area (Å²) < 4.78 is 26.5. The molecule has 0 bridgehead atoms.